The van der Waals surface area contributed by atoms with Crippen molar-refractivity contribution in [1.82, 2.24) is 14.6 Å². The van der Waals surface area contributed by atoms with Crippen LogP contribution in [-0.2, 0) is 17.1 Å². The van der Waals surface area contributed by atoms with E-state index in [0.717, 1.165) is 25.7 Å². The van der Waals surface area contributed by atoms with Crippen LogP contribution in [0.25, 0.3) is 0 Å². The first-order valence-corrected chi connectivity index (χ1v) is 9.36. The first-order valence-electron chi connectivity index (χ1n) is 7.88. The standard InChI is InChI=1S/C15H26N4O3S/c1-11-6-4-5-7-15(11,10-16)18-23(21,22)12-8-13(14(20)17-2)19(3)9-12/h8-9,11,18H,4-7,10,16H2,1-3H3,(H,17,20). The summed E-state index contributed by atoms with van der Waals surface area (Å²) in [7, 11) is -0.584. The van der Waals surface area contributed by atoms with Crippen LogP contribution in [0.5, 0.6) is 0 Å². The van der Waals surface area contributed by atoms with Gasteiger partial charge < -0.3 is 15.6 Å². The first kappa shape index (κ1) is 18.0. The number of nitrogens with one attached hydrogen (secondary N) is 2. The third-order valence-electron chi connectivity index (χ3n) is 4.91. The van der Waals surface area contributed by atoms with Crippen molar-refractivity contribution in [3.8, 4) is 0 Å². The molecule has 2 unspecified atom stereocenters. The van der Waals surface area contributed by atoms with Gasteiger partial charge in [-0.25, -0.2) is 13.1 Å². The van der Waals surface area contributed by atoms with Crippen molar-refractivity contribution in [1.29, 1.82) is 0 Å². The maximum atomic E-state index is 12.8. The Kier molecular flexibility index (Phi) is 5.17. The molecule has 0 aromatic carbocycles. The molecule has 2 atom stereocenters. The summed E-state index contributed by atoms with van der Waals surface area (Å²) in [5.74, 6) is -0.147. The van der Waals surface area contributed by atoms with Crippen molar-refractivity contribution in [3.63, 3.8) is 0 Å². The molecule has 2 rings (SSSR count). The van der Waals surface area contributed by atoms with Crippen molar-refractivity contribution in [3.05, 3.63) is 18.0 Å². The normalized spacial score (nSPS) is 25.3. The Morgan fingerprint density at radius 2 is 2.17 bits per heavy atom. The Morgan fingerprint density at radius 1 is 1.48 bits per heavy atom. The molecule has 1 aliphatic rings. The topological polar surface area (TPSA) is 106 Å². The van der Waals surface area contributed by atoms with Gasteiger partial charge in [-0.3, -0.25) is 4.79 Å². The third-order valence-corrected chi connectivity index (χ3v) is 6.42. The summed E-state index contributed by atoms with van der Waals surface area (Å²) in [6.45, 7) is 2.30. The summed E-state index contributed by atoms with van der Waals surface area (Å²) < 4.78 is 29.9. The molecule has 0 radical (unpaired) electrons. The fourth-order valence-corrected chi connectivity index (χ4v) is 4.87. The zero-order valence-corrected chi connectivity index (χ0v) is 14.7. The van der Waals surface area contributed by atoms with Crippen LogP contribution in [0.15, 0.2) is 17.2 Å². The number of nitrogens with zero attached hydrogens (tertiary/aromatic N) is 1. The van der Waals surface area contributed by atoms with Gasteiger partial charge in [0.2, 0.25) is 10.0 Å². The molecule has 0 bridgehead atoms. The highest BCUT2D eigenvalue weighted by Gasteiger charge is 2.41. The smallest absolute Gasteiger partial charge is 0.267 e. The second-order valence-electron chi connectivity index (χ2n) is 6.36. The highest BCUT2D eigenvalue weighted by molar-refractivity contribution is 7.89. The summed E-state index contributed by atoms with van der Waals surface area (Å²) in [4.78, 5) is 11.9. The van der Waals surface area contributed by atoms with E-state index >= 15 is 0 Å². The summed E-state index contributed by atoms with van der Waals surface area (Å²) >= 11 is 0. The Labute approximate surface area is 137 Å². The lowest BCUT2D eigenvalue weighted by Crippen LogP contribution is -2.58. The van der Waals surface area contributed by atoms with E-state index in [1.165, 1.54) is 23.9 Å². The Bertz CT molecular complexity index is 683. The number of sulfonamides is 1. The third kappa shape index (κ3) is 3.44. The van der Waals surface area contributed by atoms with Crippen LogP contribution < -0.4 is 15.8 Å². The monoisotopic (exact) mass is 342 g/mol. The van der Waals surface area contributed by atoms with Crippen molar-refractivity contribution < 1.29 is 13.2 Å². The maximum absolute atomic E-state index is 12.8. The van der Waals surface area contributed by atoms with E-state index in [2.05, 4.69) is 10.0 Å². The van der Waals surface area contributed by atoms with E-state index in [1.807, 2.05) is 6.92 Å². The molecule has 0 saturated heterocycles. The van der Waals surface area contributed by atoms with Gasteiger partial charge in [0.05, 0.1) is 0 Å². The van der Waals surface area contributed by atoms with Crippen molar-refractivity contribution in [2.24, 2.45) is 18.7 Å². The first-order chi connectivity index (χ1) is 10.8. The molecule has 1 saturated carbocycles. The second kappa shape index (κ2) is 6.62. The fraction of sp³-hybridized carbons (Fsp3) is 0.667. The van der Waals surface area contributed by atoms with E-state index in [1.54, 1.807) is 7.05 Å². The van der Waals surface area contributed by atoms with Gasteiger partial charge in [-0.2, -0.15) is 0 Å². The van der Waals surface area contributed by atoms with Gasteiger partial charge in [-0.15, -0.1) is 0 Å². The maximum Gasteiger partial charge on any atom is 0.267 e. The molecule has 1 fully saturated rings. The molecule has 1 aromatic rings. The van der Waals surface area contributed by atoms with Gasteiger partial charge in [0.1, 0.15) is 10.6 Å². The van der Waals surface area contributed by atoms with Crippen molar-refractivity contribution >= 4 is 15.9 Å². The number of carbonyl (C=O) groups excluding carboxylic acids is 1. The molecule has 1 aromatic heterocycles. The minimum absolute atomic E-state index is 0.0872. The van der Waals surface area contributed by atoms with E-state index < -0.39 is 15.6 Å². The van der Waals surface area contributed by atoms with Gasteiger partial charge in [-0.1, -0.05) is 19.8 Å². The van der Waals surface area contributed by atoms with Gasteiger partial charge in [0, 0.05) is 32.4 Å². The van der Waals surface area contributed by atoms with Gasteiger partial charge in [0.25, 0.3) is 5.91 Å². The summed E-state index contributed by atoms with van der Waals surface area (Å²) in [5, 5.41) is 2.50. The quantitative estimate of drug-likeness (QED) is 0.727. The lowest BCUT2D eigenvalue weighted by atomic mass is 9.74. The zero-order chi connectivity index (χ0) is 17.3. The molecule has 4 N–H and O–H groups in total. The average molecular weight is 342 g/mol. The van der Waals surface area contributed by atoms with Gasteiger partial charge in [-0.05, 0) is 24.8 Å². The van der Waals surface area contributed by atoms with Crippen LogP contribution in [0.3, 0.4) is 0 Å². The number of carbonyl (C=O) groups is 1. The zero-order valence-electron chi connectivity index (χ0n) is 13.9. The molecule has 0 spiro atoms. The predicted octanol–water partition coefficient (Wildman–Crippen LogP) is 0.571. The van der Waals surface area contributed by atoms with E-state index in [-0.39, 0.29) is 23.3 Å². The van der Waals surface area contributed by atoms with Gasteiger partial charge >= 0.3 is 0 Å². The summed E-state index contributed by atoms with van der Waals surface area (Å²) in [6.07, 6.45) is 5.20. The number of amides is 1. The molecular weight excluding hydrogens is 316 g/mol. The highest BCUT2D eigenvalue weighted by Crippen LogP contribution is 2.34. The van der Waals surface area contributed by atoms with Gasteiger partial charge in [0.15, 0.2) is 0 Å². The molecule has 23 heavy (non-hydrogen) atoms. The lowest BCUT2D eigenvalue weighted by Gasteiger charge is -2.42. The minimum Gasteiger partial charge on any atom is -0.354 e. The lowest BCUT2D eigenvalue weighted by molar-refractivity contribution is 0.0955. The SMILES string of the molecule is CNC(=O)c1cc(S(=O)(=O)NC2(CN)CCCCC2C)cn1C. The van der Waals surface area contributed by atoms with E-state index in [9.17, 15) is 13.2 Å². The molecule has 130 valence electrons. The van der Waals surface area contributed by atoms with Crippen LogP contribution in [-0.4, -0.2) is 38.0 Å². The Balaban J connectivity index is 2.33. The number of rotatable bonds is 5. The molecular formula is C15H26N4O3S. The number of hydrogen-bond donors (Lipinski definition) is 3. The molecule has 1 heterocycles. The average Bonchev–Trinajstić information content (AvgIpc) is 2.91. The van der Waals surface area contributed by atoms with E-state index in [4.69, 9.17) is 5.73 Å². The number of aromatic nitrogens is 1. The minimum atomic E-state index is -3.74. The molecule has 1 aliphatic carbocycles. The number of aryl methyl sites for hydroxylation is 1. The van der Waals surface area contributed by atoms with Crippen molar-refractivity contribution in [2.75, 3.05) is 13.6 Å². The fourth-order valence-electron chi connectivity index (χ4n) is 3.27. The predicted molar refractivity (Wildman–Crippen MR) is 88.5 cm³/mol. The molecule has 1 amide bonds. The number of hydrogen-bond acceptors (Lipinski definition) is 4. The summed E-state index contributed by atoms with van der Waals surface area (Å²) in [6, 6.07) is 1.39. The molecule has 0 aliphatic heterocycles. The van der Waals surface area contributed by atoms with Crippen molar-refractivity contribution in [2.45, 2.75) is 43.0 Å². The number of nitrogens with two attached hydrogens (primary N) is 1. The van der Waals surface area contributed by atoms with Crippen LogP contribution in [0.1, 0.15) is 43.1 Å². The Hall–Kier alpha value is -1.38. The summed E-state index contributed by atoms with van der Waals surface area (Å²) in [5.41, 5.74) is 5.61. The van der Waals surface area contributed by atoms with Crippen LogP contribution in [0, 0.1) is 5.92 Å². The highest BCUT2D eigenvalue weighted by atomic mass is 32.2. The Morgan fingerprint density at radius 3 is 2.74 bits per heavy atom. The largest absolute Gasteiger partial charge is 0.354 e. The van der Waals surface area contributed by atoms with E-state index in [0.29, 0.717) is 5.69 Å². The van der Waals surface area contributed by atoms with Crippen LogP contribution >= 0.6 is 0 Å². The van der Waals surface area contributed by atoms with Crippen LogP contribution in [0.4, 0.5) is 0 Å². The second-order valence-corrected chi connectivity index (χ2v) is 8.05. The molecule has 8 heteroatoms. The van der Waals surface area contributed by atoms with Crippen LogP contribution in [0.2, 0.25) is 0 Å². The molecule has 7 nitrogen and oxygen atoms in total.